The van der Waals surface area contributed by atoms with Gasteiger partial charge in [-0.15, -0.1) is 0 Å². The first-order valence-electron chi connectivity index (χ1n) is 8.33. The molecule has 23 heavy (non-hydrogen) atoms. The van der Waals surface area contributed by atoms with Gasteiger partial charge in [0.2, 0.25) is 0 Å². The fourth-order valence-corrected chi connectivity index (χ4v) is 5.70. The Kier molecular flexibility index (Phi) is 6.48. The fourth-order valence-electron chi connectivity index (χ4n) is 2.50. The van der Waals surface area contributed by atoms with Gasteiger partial charge >= 0.3 is 5.97 Å². The normalized spacial score (nSPS) is 30.3. The highest BCUT2D eigenvalue weighted by Gasteiger charge is 2.50. The van der Waals surface area contributed by atoms with Crippen molar-refractivity contribution in [2.75, 3.05) is 0 Å². The summed E-state index contributed by atoms with van der Waals surface area (Å²) in [5.41, 5.74) is 0. The van der Waals surface area contributed by atoms with E-state index in [1.165, 1.54) is 0 Å². The largest absolute Gasteiger partial charge is 0.458 e. The van der Waals surface area contributed by atoms with Gasteiger partial charge in [-0.05, 0) is 65.8 Å². The lowest BCUT2D eigenvalue weighted by Crippen LogP contribution is -2.63. The van der Waals surface area contributed by atoms with Gasteiger partial charge in [-0.1, -0.05) is 0 Å². The molecule has 1 heterocycles. The summed E-state index contributed by atoms with van der Waals surface area (Å²) in [5, 5.41) is 0. The molecular weight excluding hydrogens is 344 g/mol. The van der Waals surface area contributed by atoms with Gasteiger partial charge in [-0.2, -0.15) is 0 Å². The molecule has 0 saturated carbocycles. The molecule has 5 nitrogen and oxygen atoms in total. The SMILES string of the molecule is C[C@H]1OC(=O)[C@H](O[Si](C)(C)C)[C@@H](O[Si](C)(C)C)[C@@H]1O[Si](C)(C)C. The van der Waals surface area contributed by atoms with Gasteiger partial charge in [-0.3, -0.25) is 0 Å². The summed E-state index contributed by atoms with van der Waals surface area (Å²) < 4.78 is 24.4. The van der Waals surface area contributed by atoms with Crippen LogP contribution in [0.3, 0.4) is 0 Å². The summed E-state index contributed by atoms with van der Waals surface area (Å²) >= 11 is 0. The van der Waals surface area contributed by atoms with E-state index < -0.39 is 37.2 Å². The Morgan fingerprint density at radius 3 is 1.52 bits per heavy atom. The van der Waals surface area contributed by atoms with Crippen molar-refractivity contribution in [2.24, 2.45) is 0 Å². The van der Waals surface area contributed by atoms with Crippen LogP contribution in [0.2, 0.25) is 58.9 Å². The summed E-state index contributed by atoms with van der Waals surface area (Å²) in [5.74, 6) is -0.321. The molecule has 136 valence electrons. The highest BCUT2D eigenvalue weighted by Crippen LogP contribution is 2.30. The minimum absolute atomic E-state index is 0.271. The van der Waals surface area contributed by atoms with E-state index in [0.29, 0.717) is 0 Å². The number of carbonyl (C=O) groups excluding carboxylic acids is 1. The number of hydrogen-bond donors (Lipinski definition) is 0. The molecule has 0 unspecified atom stereocenters. The van der Waals surface area contributed by atoms with Crippen LogP contribution in [0.1, 0.15) is 6.92 Å². The number of esters is 1. The van der Waals surface area contributed by atoms with Crippen LogP contribution in [0, 0.1) is 0 Å². The second kappa shape index (κ2) is 7.09. The molecule has 0 bridgehead atoms. The van der Waals surface area contributed by atoms with Crippen LogP contribution in [0.15, 0.2) is 0 Å². The van der Waals surface area contributed by atoms with Crippen molar-refractivity contribution in [1.29, 1.82) is 0 Å². The highest BCUT2D eigenvalue weighted by atomic mass is 28.4. The summed E-state index contributed by atoms with van der Waals surface area (Å²) in [6.45, 7) is 20.9. The predicted molar refractivity (Wildman–Crippen MR) is 100 cm³/mol. The van der Waals surface area contributed by atoms with Gasteiger partial charge in [0.1, 0.15) is 18.3 Å². The lowest BCUT2D eigenvalue weighted by Gasteiger charge is -2.46. The summed E-state index contributed by atoms with van der Waals surface area (Å²) in [6.07, 6.45) is -1.67. The van der Waals surface area contributed by atoms with Crippen molar-refractivity contribution in [3.63, 3.8) is 0 Å². The molecule has 0 N–H and O–H groups in total. The van der Waals surface area contributed by atoms with Crippen molar-refractivity contribution in [2.45, 2.75) is 90.3 Å². The van der Waals surface area contributed by atoms with E-state index in [0.717, 1.165) is 0 Å². The quantitative estimate of drug-likeness (QED) is 0.522. The van der Waals surface area contributed by atoms with Crippen molar-refractivity contribution >= 4 is 30.9 Å². The summed E-state index contributed by atoms with van der Waals surface area (Å²) in [4.78, 5) is 12.5. The van der Waals surface area contributed by atoms with Gasteiger partial charge in [-0.25, -0.2) is 4.79 Å². The molecule has 0 radical (unpaired) electrons. The maximum atomic E-state index is 12.5. The van der Waals surface area contributed by atoms with E-state index in [1.54, 1.807) is 0 Å². The van der Waals surface area contributed by atoms with Gasteiger partial charge < -0.3 is 18.0 Å². The maximum absolute atomic E-state index is 12.5. The highest BCUT2D eigenvalue weighted by molar-refractivity contribution is 6.70. The first-order valence-corrected chi connectivity index (χ1v) is 18.6. The number of rotatable bonds is 6. The van der Waals surface area contributed by atoms with Gasteiger partial charge in [0.15, 0.2) is 31.1 Å². The Labute approximate surface area is 144 Å². The van der Waals surface area contributed by atoms with Crippen molar-refractivity contribution < 1.29 is 22.8 Å². The van der Waals surface area contributed by atoms with E-state index in [1.807, 2.05) is 6.92 Å². The first-order chi connectivity index (χ1) is 10.1. The third kappa shape index (κ3) is 7.18. The molecule has 8 heteroatoms. The second-order valence-corrected chi connectivity index (χ2v) is 22.6. The second-order valence-electron chi connectivity index (χ2n) is 9.18. The molecule has 0 aromatic rings. The summed E-state index contributed by atoms with van der Waals surface area (Å²) in [6, 6.07) is 0. The van der Waals surface area contributed by atoms with Crippen LogP contribution in [-0.2, 0) is 22.8 Å². The van der Waals surface area contributed by atoms with E-state index in [9.17, 15) is 4.79 Å². The molecule has 0 aromatic heterocycles. The van der Waals surface area contributed by atoms with Gasteiger partial charge in [0.05, 0.1) is 0 Å². The molecule has 0 spiro atoms. The standard InChI is InChI=1S/C15H34O5Si3/c1-11-12(18-21(2,3)4)13(19-22(5,6)7)14(15(16)17-11)20-23(8,9)10/h11-14H,1-10H3/t11-,12-,13+,14-/m1/s1. The van der Waals surface area contributed by atoms with Crippen LogP contribution in [0.25, 0.3) is 0 Å². The third-order valence-electron chi connectivity index (χ3n) is 3.08. The molecule has 0 amide bonds. The van der Waals surface area contributed by atoms with Gasteiger partial charge in [0.25, 0.3) is 0 Å². The zero-order valence-corrected chi connectivity index (χ0v) is 19.4. The van der Waals surface area contributed by atoms with Gasteiger partial charge in [0, 0.05) is 0 Å². The van der Waals surface area contributed by atoms with Crippen molar-refractivity contribution in [1.82, 2.24) is 0 Å². The minimum atomic E-state index is -1.92. The molecule has 1 fully saturated rings. The van der Waals surface area contributed by atoms with E-state index in [2.05, 4.69) is 58.9 Å². The zero-order valence-electron chi connectivity index (χ0n) is 16.4. The predicted octanol–water partition coefficient (Wildman–Crippen LogP) is 3.59. The molecule has 0 aliphatic carbocycles. The zero-order chi connectivity index (χ0) is 18.2. The van der Waals surface area contributed by atoms with E-state index in [-0.39, 0.29) is 18.2 Å². The Balaban J connectivity index is 3.16. The molecule has 1 rings (SSSR count). The van der Waals surface area contributed by atoms with Crippen molar-refractivity contribution in [3.05, 3.63) is 0 Å². The number of ether oxygens (including phenoxy) is 1. The molecule has 1 saturated heterocycles. The first kappa shape index (κ1) is 21.0. The van der Waals surface area contributed by atoms with Crippen LogP contribution in [-0.4, -0.2) is 55.3 Å². The van der Waals surface area contributed by atoms with Crippen molar-refractivity contribution in [3.8, 4) is 0 Å². The monoisotopic (exact) mass is 378 g/mol. The molecular formula is C15H34O5Si3. The summed E-state index contributed by atoms with van der Waals surface area (Å²) in [7, 11) is -5.61. The molecule has 4 atom stereocenters. The Morgan fingerprint density at radius 2 is 1.13 bits per heavy atom. The molecule has 0 aromatic carbocycles. The average Bonchev–Trinajstić information content (AvgIpc) is 2.25. The van der Waals surface area contributed by atoms with Crippen LogP contribution < -0.4 is 0 Å². The smallest absolute Gasteiger partial charge is 0.337 e. The Morgan fingerprint density at radius 1 is 0.739 bits per heavy atom. The van der Waals surface area contributed by atoms with E-state index in [4.69, 9.17) is 18.0 Å². The minimum Gasteiger partial charge on any atom is -0.458 e. The molecule has 1 aliphatic heterocycles. The number of carbonyl (C=O) groups is 1. The maximum Gasteiger partial charge on any atom is 0.337 e. The van der Waals surface area contributed by atoms with Crippen LogP contribution in [0.4, 0.5) is 0 Å². The van der Waals surface area contributed by atoms with E-state index >= 15 is 0 Å². The lowest BCUT2D eigenvalue weighted by atomic mass is 10.0. The number of cyclic esters (lactones) is 1. The molecule has 1 aliphatic rings. The third-order valence-corrected chi connectivity index (χ3v) is 6.00. The Hall–Kier alpha value is 0.000649. The lowest BCUT2D eigenvalue weighted by molar-refractivity contribution is -0.192. The topological polar surface area (TPSA) is 54.0 Å². The van der Waals surface area contributed by atoms with Crippen LogP contribution >= 0.6 is 0 Å². The number of hydrogen-bond acceptors (Lipinski definition) is 5. The van der Waals surface area contributed by atoms with Crippen LogP contribution in [0.5, 0.6) is 0 Å². The average molecular weight is 379 g/mol. The fraction of sp³-hybridized carbons (Fsp3) is 0.933. The Bertz CT molecular complexity index is 422.